The number of nitrogens with one attached hydrogen (secondary N) is 1. The summed E-state index contributed by atoms with van der Waals surface area (Å²) in [7, 11) is 0. The molecule has 0 aromatic heterocycles. The van der Waals surface area contributed by atoms with E-state index in [4.69, 9.17) is 23.2 Å². The van der Waals surface area contributed by atoms with Crippen LogP contribution in [0.2, 0.25) is 10.0 Å². The van der Waals surface area contributed by atoms with Crippen molar-refractivity contribution in [2.45, 2.75) is 25.4 Å². The van der Waals surface area contributed by atoms with Crippen LogP contribution in [-0.4, -0.2) is 36.0 Å². The number of rotatable bonds is 1. The highest BCUT2D eigenvalue weighted by Crippen LogP contribution is 2.34. The predicted octanol–water partition coefficient (Wildman–Crippen LogP) is 2.82. The van der Waals surface area contributed by atoms with Gasteiger partial charge in [-0.3, -0.25) is 4.79 Å². The lowest BCUT2D eigenvalue weighted by Gasteiger charge is -2.28. The molecule has 3 unspecified atom stereocenters. The van der Waals surface area contributed by atoms with E-state index in [-0.39, 0.29) is 18.0 Å². The van der Waals surface area contributed by atoms with Crippen LogP contribution in [0.1, 0.15) is 23.7 Å². The van der Waals surface area contributed by atoms with Crippen LogP contribution in [0.4, 0.5) is 0 Å². The lowest BCUT2D eigenvalue weighted by Crippen LogP contribution is -2.42. The Morgan fingerprint density at radius 1 is 1.37 bits per heavy atom. The molecule has 0 saturated carbocycles. The largest absolute Gasteiger partial charge is 0.331 e. The minimum absolute atomic E-state index is 0.00352. The van der Waals surface area contributed by atoms with E-state index in [0.717, 1.165) is 19.5 Å². The topological polar surface area (TPSA) is 32.3 Å². The van der Waals surface area contributed by atoms with Gasteiger partial charge in [0.25, 0.3) is 5.91 Å². The third-order valence-electron chi connectivity index (χ3n) is 4.17. The summed E-state index contributed by atoms with van der Waals surface area (Å²) in [6.45, 7) is 3.98. The van der Waals surface area contributed by atoms with Crippen LogP contribution in [0.15, 0.2) is 18.2 Å². The maximum atomic E-state index is 12.7. The molecule has 19 heavy (non-hydrogen) atoms. The van der Waals surface area contributed by atoms with Crippen LogP contribution in [0.3, 0.4) is 0 Å². The third-order valence-corrected chi connectivity index (χ3v) is 4.74. The zero-order valence-electron chi connectivity index (χ0n) is 10.7. The molecule has 0 bridgehead atoms. The second kappa shape index (κ2) is 4.97. The van der Waals surface area contributed by atoms with E-state index < -0.39 is 0 Å². The molecule has 102 valence electrons. The van der Waals surface area contributed by atoms with Crippen LogP contribution in [0.5, 0.6) is 0 Å². The molecule has 1 aromatic rings. The van der Waals surface area contributed by atoms with Crippen molar-refractivity contribution in [2.24, 2.45) is 5.92 Å². The summed E-state index contributed by atoms with van der Waals surface area (Å²) in [6.07, 6.45) is 1.06. The average molecular weight is 299 g/mol. The van der Waals surface area contributed by atoms with Crippen molar-refractivity contribution in [3.05, 3.63) is 33.8 Å². The fraction of sp³-hybridized carbons (Fsp3) is 0.500. The van der Waals surface area contributed by atoms with Gasteiger partial charge < -0.3 is 10.2 Å². The van der Waals surface area contributed by atoms with Gasteiger partial charge in [-0.25, -0.2) is 0 Å². The molecule has 3 atom stereocenters. The molecule has 2 aliphatic rings. The Kier molecular flexibility index (Phi) is 3.46. The van der Waals surface area contributed by atoms with Crippen molar-refractivity contribution < 1.29 is 4.79 Å². The molecule has 5 heteroatoms. The first-order valence-electron chi connectivity index (χ1n) is 6.56. The number of carbonyl (C=O) groups excluding carboxylic acids is 1. The highest BCUT2D eigenvalue weighted by atomic mass is 35.5. The Hall–Kier alpha value is -0.770. The quantitative estimate of drug-likeness (QED) is 0.865. The van der Waals surface area contributed by atoms with E-state index in [1.165, 1.54) is 0 Å². The van der Waals surface area contributed by atoms with E-state index >= 15 is 0 Å². The summed E-state index contributed by atoms with van der Waals surface area (Å²) < 4.78 is 0. The molecule has 0 radical (unpaired) electrons. The molecule has 2 fully saturated rings. The monoisotopic (exact) mass is 298 g/mol. The Labute approximate surface area is 122 Å². The van der Waals surface area contributed by atoms with Crippen LogP contribution < -0.4 is 5.32 Å². The fourth-order valence-electron chi connectivity index (χ4n) is 3.32. The zero-order valence-corrected chi connectivity index (χ0v) is 12.2. The molecule has 0 aliphatic carbocycles. The van der Waals surface area contributed by atoms with Gasteiger partial charge in [0.05, 0.1) is 10.6 Å². The first kappa shape index (κ1) is 13.2. The van der Waals surface area contributed by atoms with Gasteiger partial charge in [0.2, 0.25) is 0 Å². The minimum Gasteiger partial charge on any atom is -0.331 e. The summed E-state index contributed by atoms with van der Waals surface area (Å²) in [6, 6.07) is 5.60. The Morgan fingerprint density at radius 3 is 2.95 bits per heavy atom. The molecular weight excluding hydrogens is 283 g/mol. The summed E-state index contributed by atoms with van der Waals surface area (Å²) in [5.74, 6) is 0.563. The first-order chi connectivity index (χ1) is 9.08. The number of likely N-dealkylation sites (tertiary alicyclic amines) is 1. The maximum Gasteiger partial charge on any atom is 0.255 e. The Balaban J connectivity index is 1.93. The zero-order chi connectivity index (χ0) is 13.6. The second-order valence-corrected chi connectivity index (χ2v) is 6.25. The normalized spacial score (nSPS) is 29.6. The molecular formula is C14H16Cl2N2O. The van der Waals surface area contributed by atoms with E-state index in [9.17, 15) is 4.79 Å². The van der Waals surface area contributed by atoms with Gasteiger partial charge in [0.1, 0.15) is 0 Å². The van der Waals surface area contributed by atoms with Crippen LogP contribution in [0.25, 0.3) is 0 Å². The number of nitrogens with zero attached hydrogens (tertiary/aromatic N) is 1. The standard InChI is InChI=1S/C14H16Cl2N2O/c1-8-4-9-6-17-7-13(9)18(8)14(19)11-5-10(15)2-3-12(11)16/h2-3,5,8-9,13,17H,4,6-7H2,1H3. The number of fused-ring (bicyclic) bond motifs is 1. The number of carbonyl (C=O) groups is 1. The van der Waals surface area contributed by atoms with Gasteiger partial charge >= 0.3 is 0 Å². The number of halogens is 2. The van der Waals surface area contributed by atoms with Crippen molar-refractivity contribution in [1.82, 2.24) is 10.2 Å². The van der Waals surface area contributed by atoms with Gasteiger partial charge in [0.15, 0.2) is 0 Å². The molecule has 3 nitrogen and oxygen atoms in total. The Morgan fingerprint density at radius 2 is 2.16 bits per heavy atom. The second-order valence-electron chi connectivity index (χ2n) is 5.41. The van der Waals surface area contributed by atoms with Crippen molar-refractivity contribution in [1.29, 1.82) is 0 Å². The Bertz CT molecular complexity index is 520. The summed E-state index contributed by atoms with van der Waals surface area (Å²) >= 11 is 12.1. The molecule has 1 N–H and O–H groups in total. The van der Waals surface area contributed by atoms with Gasteiger partial charge in [-0.2, -0.15) is 0 Å². The molecule has 2 aliphatic heterocycles. The van der Waals surface area contributed by atoms with Crippen molar-refractivity contribution in [2.75, 3.05) is 13.1 Å². The molecule has 0 spiro atoms. The van der Waals surface area contributed by atoms with Gasteiger partial charge in [-0.15, -0.1) is 0 Å². The van der Waals surface area contributed by atoms with Crippen molar-refractivity contribution in [3.63, 3.8) is 0 Å². The smallest absolute Gasteiger partial charge is 0.255 e. The number of amides is 1. The van der Waals surface area contributed by atoms with Crippen molar-refractivity contribution >= 4 is 29.1 Å². The van der Waals surface area contributed by atoms with E-state index in [1.54, 1.807) is 18.2 Å². The van der Waals surface area contributed by atoms with E-state index in [2.05, 4.69) is 12.2 Å². The molecule has 2 heterocycles. The summed E-state index contributed by atoms with van der Waals surface area (Å²) in [4.78, 5) is 14.7. The number of hydrogen-bond donors (Lipinski definition) is 1. The van der Waals surface area contributed by atoms with E-state index in [1.807, 2.05) is 4.90 Å². The van der Waals surface area contributed by atoms with Crippen LogP contribution in [-0.2, 0) is 0 Å². The van der Waals surface area contributed by atoms with Crippen molar-refractivity contribution in [3.8, 4) is 0 Å². The average Bonchev–Trinajstić information content (AvgIpc) is 2.91. The summed E-state index contributed by atoms with van der Waals surface area (Å²) in [5.41, 5.74) is 0.508. The van der Waals surface area contributed by atoms with Crippen LogP contribution in [0, 0.1) is 5.92 Å². The van der Waals surface area contributed by atoms with Gasteiger partial charge in [-0.1, -0.05) is 23.2 Å². The predicted molar refractivity (Wildman–Crippen MR) is 76.9 cm³/mol. The van der Waals surface area contributed by atoms with Gasteiger partial charge in [0, 0.05) is 30.2 Å². The molecule has 3 rings (SSSR count). The van der Waals surface area contributed by atoms with Gasteiger partial charge in [-0.05, 0) is 37.5 Å². The fourth-order valence-corrected chi connectivity index (χ4v) is 3.69. The number of benzene rings is 1. The highest BCUT2D eigenvalue weighted by Gasteiger charge is 2.44. The third kappa shape index (κ3) is 2.24. The number of hydrogen-bond acceptors (Lipinski definition) is 2. The molecule has 2 saturated heterocycles. The lowest BCUT2D eigenvalue weighted by molar-refractivity contribution is 0.0682. The van der Waals surface area contributed by atoms with E-state index in [0.29, 0.717) is 21.5 Å². The highest BCUT2D eigenvalue weighted by molar-refractivity contribution is 6.35. The molecule has 1 amide bonds. The van der Waals surface area contributed by atoms with Crippen LogP contribution >= 0.6 is 23.2 Å². The minimum atomic E-state index is -0.00352. The lowest BCUT2D eigenvalue weighted by atomic mass is 10.0. The molecule has 1 aromatic carbocycles. The summed E-state index contributed by atoms with van der Waals surface area (Å²) in [5, 5.41) is 4.37. The first-order valence-corrected chi connectivity index (χ1v) is 7.32. The SMILES string of the molecule is CC1CC2CNCC2N1C(=O)c1cc(Cl)ccc1Cl. The maximum absolute atomic E-state index is 12.7.